The summed E-state index contributed by atoms with van der Waals surface area (Å²) < 4.78 is 30.9. The highest BCUT2D eigenvalue weighted by Gasteiger charge is 2.14. The summed E-state index contributed by atoms with van der Waals surface area (Å²) in [4.78, 5) is 31.7. The monoisotopic (exact) mass is 438 g/mol. The fourth-order valence-corrected chi connectivity index (χ4v) is 3.18. The summed E-state index contributed by atoms with van der Waals surface area (Å²) in [6.07, 6.45) is 4.89. The minimum atomic E-state index is -2.89. The van der Waals surface area contributed by atoms with E-state index in [-0.39, 0.29) is 17.0 Å². The van der Waals surface area contributed by atoms with Crippen LogP contribution in [0.15, 0.2) is 66.2 Å². The van der Waals surface area contributed by atoms with E-state index in [1.165, 1.54) is 31.3 Å². The Balaban J connectivity index is 1.65. The van der Waals surface area contributed by atoms with Crippen molar-refractivity contribution in [2.45, 2.75) is 6.61 Å². The zero-order valence-electron chi connectivity index (χ0n) is 16.6. The number of carbonyl (C=O) groups excluding carboxylic acids is 1. The van der Waals surface area contributed by atoms with Crippen LogP contribution in [-0.4, -0.2) is 33.9 Å². The molecule has 2 heterocycles. The Labute approximate surface area is 180 Å². The van der Waals surface area contributed by atoms with Crippen LogP contribution in [0.4, 0.5) is 26.0 Å². The van der Waals surface area contributed by atoms with Crippen molar-refractivity contribution in [3.63, 3.8) is 0 Å². The van der Waals surface area contributed by atoms with Crippen molar-refractivity contribution in [1.82, 2.24) is 19.7 Å². The molecule has 4 rings (SSSR count). The number of carbonyl (C=O) groups is 1. The van der Waals surface area contributed by atoms with Gasteiger partial charge in [0.05, 0.1) is 17.5 Å². The Bertz CT molecular complexity index is 1290. The molecule has 162 valence electrons. The van der Waals surface area contributed by atoms with Crippen molar-refractivity contribution in [3.05, 3.63) is 71.5 Å². The van der Waals surface area contributed by atoms with Crippen molar-refractivity contribution in [2.24, 2.45) is 5.18 Å². The molecular weight excluding hydrogens is 422 g/mol. The SMILES string of the molecule is CNC(=O)c1ccc(Nc2nccn3c(-c4ccc(OC(F)F)cc4)cnc23)cc1N=O. The third kappa shape index (κ3) is 4.08. The summed E-state index contributed by atoms with van der Waals surface area (Å²) in [5, 5.41) is 8.45. The van der Waals surface area contributed by atoms with E-state index in [4.69, 9.17) is 0 Å². The van der Waals surface area contributed by atoms with E-state index >= 15 is 0 Å². The summed E-state index contributed by atoms with van der Waals surface area (Å²) >= 11 is 0. The highest BCUT2D eigenvalue weighted by molar-refractivity contribution is 5.99. The largest absolute Gasteiger partial charge is 0.435 e. The van der Waals surface area contributed by atoms with E-state index in [9.17, 15) is 18.5 Å². The van der Waals surface area contributed by atoms with Crippen LogP contribution in [0, 0.1) is 4.91 Å². The first-order valence-electron chi connectivity index (χ1n) is 9.34. The van der Waals surface area contributed by atoms with Gasteiger partial charge in [0.2, 0.25) is 0 Å². The first kappa shape index (κ1) is 20.8. The summed E-state index contributed by atoms with van der Waals surface area (Å²) in [6, 6.07) is 10.7. The molecule has 0 unspecified atom stereocenters. The lowest BCUT2D eigenvalue weighted by Crippen LogP contribution is -2.17. The number of benzene rings is 2. The number of nitrogens with one attached hydrogen (secondary N) is 2. The number of rotatable bonds is 7. The molecule has 0 aliphatic carbocycles. The molecule has 2 aromatic heterocycles. The number of imidazole rings is 1. The van der Waals surface area contributed by atoms with Gasteiger partial charge < -0.3 is 15.4 Å². The maximum atomic E-state index is 12.4. The first-order chi connectivity index (χ1) is 15.5. The molecule has 0 aliphatic rings. The number of anilines is 2. The molecule has 2 aromatic carbocycles. The van der Waals surface area contributed by atoms with Crippen molar-refractivity contribution < 1.29 is 18.3 Å². The van der Waals surface area contributed by atoms with E-state index < -0.39 is 12.5 Å². The number of nitrogens with zero attached hydrogens (tertiary/aromatic N) is 4. The van der Waals surface area contributed by atoms with Crippen LogP contribution in [0.2, 0.25) is 0 Å². The zero-order chi connectivity index (χ0) is 22.7. The van der Waals surface area contributed by atoms with Crippen LogP contribution < -0.4 is 15.4 Å². The minimum absolute atomic E-state index is 0.0172. The molecular formula is C21H16F2N6O3. The number of hydrogen-bond donors (Lipinski definition) is 2. The number of hydrogen-bond acceptors (Lipinski definition) is 7. The molecule has 0 saturated carbocycles. The van der Waals surface area contributed by atoms with Gasteiger partial charge in [0.1, 0.15) is 11.4 Å². The average molecular weight is 438 g/mol. The fraction of sp³-hybridized carbons (Fsp3) is 0.0952. The van der Waals surface area contributed by atoms with Gasteiger partial charge in [-0.05, 0) is 47.6 Å². The second-order valence-electron chi connectivity index (χ2n) is 6.54. The molecule has 0 aliphatic heterocycles. The Morgan fingerprint density at radius 2 is 1.94 bits per heavy atom. The lowest BCUT2D eigenvalue weighted by Gasteiger charge is -2.10. The lowest BCUT2D eigenvalue weighted by molar-refractivity contribution is -0.0498. The van der Waals surface area contributed by atoms with Crippen molar-refractivity contribution in [1.29, 1.82) is 0 Å². The van der Waals surface area contributed by atoms with Crippen LogP contribution in [0.1, 0.15) is 10.4 Å². The lowest BCUT2D eigenvalue weighted by atomic mass is 10.1. The van der Waals surface area contributed by atoms with E-state index in [1.54, 1.807) is 41.2 Å². The Morgan fingerprint density at radius 1 is 1.16 bits per heavy atom. The minimum Gasteiger partial charge on any atom is -0.435 e. The fourth-order valence-electron chi connectivity index (χ4n) is 3.18. The maximum absolute atomic E-state index is 12.4. The van der Waals surface area contributed by atoms with Gasteiger partial charge >= 0.3 is 6.61 Å². The molecule has 0 bridgehead atoms. The molecule has 32 heavy (non-hydrogen) atoms. The third-order valence-electron chi connectivity index (χ3n) is 4.63. The number of nitroso groups, excluding NO2 is 1. The Morgan fingerprint density at radius 3 is 2.62 bits per heavy atom. The smallest absolute Gasteiger partial charge is 0.387 e. The summed E-state index contributed by atoms with van der Waals surface area (Å²) in [5.41, 5.74) is 2.56. The van der Waals surface area contributed by atoms with Gasteiger partial charge in [-0.3, -0.25) is 9.20 Å². The predicted octanol–water partition coefficient (Wildman–Crippen LogP) is 4.50. The zero-order valence-corrected chi connectivity index (χ0v) is 16.6. The number of fused-ring (bicyclic) bond motifs is 1. The molecule has 0 radical (unpaired) electrons. The molecule has 9 nitrogen and oxygen atoms in total. The summed E-state index contributed by atoms with van der Waals surface area (Å²) in [7, 11) is 1.46. The van der Waals surface area contributed by atoms with Gasteiger partial charge in [-0.15, -0.1) is 4.91 Å². The predicted molar refractivity (Wildman–Crippen MR) is 114 cm³/mol. The maximum Gasteiger partial charge on any atom is 0.387 e. The molecule has 0 atom stereocenters. The standard InChI is InChI=1S/C21H16F2N6O3/c1-24-20(30)15-7-4-13(10-16(15)28-31)27-18-19-26-11-17(29(19)9-8-25-18)12-2-5-14(6-3-12)32-21(22)23/h2-11,21H,1H3,(H,24,30)(H,25,27). The highest BCUT2D eigenvalue weighted by atomic mass is 19.3. The third-order valence-corrected chi connectivity index (χ3v) is 4.63. The van der Waals surface area contributed by atoms with Crippen LogP contribution >= 0.6 is 0 Å². The van der Waals surface area contributed by atoms with Crippen LogP contribution in [0.25, 0.3) is 16.9 Å². The quantitative estimate of drug-likeness (QED) is 0.411. The van der Waals surface area contributed by atoms with Gasteiger partial charge in [0.25, 0.3) is 5.91 Å². The molecule has 0 fully saturated rings. The van der Waals surface area contributed by atoms with Gasteiger partial charge in [-0.2, -0.15) is 8.78 Å². The molecule has 2 N–H and O–H groups in total. The Hall–Kier alpha value is -4.41. The molecule has 0 saturated heterocycles. The average Bonchev–Trinajstić information content (AvgIpc) is 3.24. The Kier molecular flexibility index (Phi) is 5.71. The normalized spacial score (nSPS) is 10.9. The van der Waals surface area contributed by atoms with Crippen molar-refractivity contribution in [3.8, 4) is 17.0 Å². The number of amides is 1. The van der Waals surface area contributed by atoms with Gasteiger partial charge in [0, 0.05) is 30.7 Å². The van der Waals surface area contributed by atoms with Gasteiger partial charge in [0.15, 0.2) is 11.5 Å². The van der Waals surface area contributed by atoms with Crippen molar-refractivity contribution in [2.75, 3.05) is 12.4 Å². The van der Waals surface area contributed by atoms with Crippen LogP contribution in [-0.2, 0) is 0 Å². The second-order valence-corrected chi connectivity index (χ2v) is 6.54. The molecule has 1 amide bonds. The van der Waals surface area contributed by atoms with Crippen LogP contribution in [0.3, 0.4) is 0 Å². The summed E-state index contributed by atoms with van der Waals surface area (Å²) in [5.74, 6) is 0.0385. The molecule has 11 heteroatoms. The summed E-state index contributed by atoms with van der Waals surface area (Å²) in [6.45, 7) is -2.89. The van der Waals surface area contributed by atoms with E-state index in [0.29, 0.717) is 22.8 Å². The van der Waals surface area contributed by atoms with Crippen LogP contribution in [0.5, 0.6) is 5.75 Å². The van der Waals surface area contributed by atoms with Gasteiger partial charge in [-0.25, -0.2) is 9.97 Å². The first-order valence-corrected chi connectivity index (χ1v) is 9.34. The highest BCUT2D eigenvalue weighted by Crippen LogP contribution is 2.29. The van der Waals surface area contributed by atoms with E-state index in [1.807, 2.05) is 0 Å². The number of halogens is 2. The molecule has 0 spiro atoms. The van der Waals surface area contributed by atoms with E-state index in [0.717, 1.165) is 5.56 Å². The number of aromatic nitrogens is 3. The number of alkyl halides is 2. The van der Waals surface area contributed by atoms with Gasteiger partial charge in [-0.1, -0.05) is 0 Å². The van der Waals surface area contributed by atoms with E-state index in [2.05, 4.69) is 30.5 Å². The van der Waals surface area contributed by atoms with Crippen molar-refractivity contribution >= 4 is 28.7 Å². The molecule has 4 aromatic rings. The second kappa shape index (κ2) is 8.76. The topological polar surface area (TPSA) is 110 Å². The number of ether oxygens (including phenoxy) is 1.